The minimum atomic E-state index is -3.77. The van der Waals surface area contributed by atoms with Gasteiger partial charge in [0.15, 0.2) is 14.6 Å². The minimum absolute atomic E-state index is 0.105. The Labute approximate surface area is 156 Å². The average Bonchev–Trinajstić information content (AvgIpc) is 3.50. The molecule has 0 saturated heterocycles. The molecule has 1 N–H and O–H groups in total. The van der Waals surface area contributed by atoms with Gasteiger partial charge in [-0.2, -0.15) is 0 Å². The Balaban J connectivity index is 1.48. The number of carbonyl (C=O) groups excluding carboxylic acids is 1. The Bertz CT molecular complexity index is 953. The number of amides is 1. The number of hydrogen-bond donors (Lipinski definition) is 1. The maximum atomic E-state index is 13.0. The van der Waals surface area contributed by atoms with Crippen LogP contribution < -0.4 is 5.32 Å². The fraction of sp³-hybridized carbons (Fsp3) is 0.316. The molecule has 26 heavy (non-hydrogen) atoms. The molecule has 2 fully saturated rings. The summed E-state index contributed by atoms with van der Waals surface area (Å²) in [6.07, 6.45) is 1.36. The van der Waals surface area contributed by atoms with Crippen molar-refractivity contribution in [3.05, 3.63) is 64.9 Å². The molecule has 0 radical (unpaired) electrons. The largest absolute Gasteiger partial charge is 0.351 e. The lowest BCUT2D eigenvalue weighted by molar-refractivity contribution is -0.121. The van der Waals surface area contributed by atoms with Gasteiger partial charge in [-0.25, -0.2) is 12.8 Å². The SMILES string of the molecule is O=C(N[C@@H]1C[C@H]1c1ccc(F)cc1)C1(S(=O)(=O)c2ccc(Cl)cc2)CC1. The number of sulfone groups is 1. The second-order valence-corrected chi connectivity index (χ2v) is 9.62. The molecule has 4 nitrogen and oxygen atoms in total. The zero-order chi connectivity index (χ0) is 18.5. The summed E-state index contributed by atoms with van der Waals surface area (Å²) in [5.74, 6) is -0.642. The van der Waals surface area contributed by atoms with Crippen LogP contribution in [0.4, 0.5) is 4.39 Å². The molecule has 0 heterocycles. The molecule has 0 aromatic heterocycles. The van der Waals surface area contributed by atoms with Crippen LogP contribution >= 0.6 is 11.6 Å². The topological polar surface area (TPSA) is 63.2 Å². The van der Waals surface area contributed by atoms with Crippen LogP contribution in [0.1, 0.15) is 30.7 Å². The number of nitrogens with one attached hydrogen (secondary N) is 1. The van der Waals surface area contributed by atoms with Crippen molar-refractivity contribution in [2.75, 3.05) is 0 Å². The Morgan fingerprint density at radius 3 is 2.27 bits per heavy atom. The third-order valence-electron chi connectivity index (χ3n) is 5.16. The highest BCUT2D eigenvalue weighted by atomic mass is 35.5. The van der Waals surface area contributed by atoms with Gasteiger partial charge in [-0.15, -0.1) is 0 Å². The molecule has 2 aliphatic rings. The van der Waals surface area contributed by atoms with Crippen molar-refractivity contribution < 1.29 is 17.6 Å². The fourth-order valence-corrected chi connectivity index (χ4v) is 5.32. The molecule has 2 atom stereocenters. The van der Waals surface area contributed by atoms with Crippen LogP contribution in [0.2, 0.25) is 5.02 Å². The molecular weight excluding hydrogens is 377 g/mol. The van der Waals surface area contributed by atoms with E-state index < -0.39 is 20.5 Å². The standard InChI is InChI=1S/C19H17ClFNO3S/c20-13-3-7-15(8-4-13)26(24,25)19(9-10-19)18(23)22-17-11-16(17)12-1-5-14(21)6-2-12/h1-8,16-17H,9-11H2,(H,22,23)/t16-,17+/m0/s1. The molecule has 0 unspecified atom stereocenters. The van der Waals surface area contributed by atoms with E-state index in [1.165, 1.54) is 36.4 Å². The average molecular weight is 394 g/mol. The normalized spacial score (nSPS) is 23.3. The first-order valence-corrected chi connectivity index (χ1v) is 10.3. The lowest BCUT2D eigenvalue weighted by Crippen LogP contribution is -2.43. The molecule has 2 aromatic carbocycles. The summed E-state index contributed by atoms with van der Waals surface area (Å²) in [4.78, 5) is 12.8. The molecule has 2 aromatic rings. The molecule has 136 valence electrons. The first-order valence-electron chi connectivity index (χ1n) is 8.40. The van der Waals surface area contributed by atoms with E-state index in [1.54, 1.807) is 12.1 Å². The minimum Gasteiger partial charge on any atom is -0.351 e. The zero-order valence-corrected chi connectivity index (χ0v) is 15.4. The summed E-state index contributed by atoms with van der Waals surface area (Å²) in [5.41, 5.74) is 0.946. The van der Waals surface area contributed by atoms with Crippen molar-refractivity contribution in [2.24, 2.45) is 0 Å². The van der Waals surface area contributed by atoms with Crippen molar-refractivity contribution in [1.82, 2.24) is 5.32 Å². The van der Waals surface area contributed by atoms with Gasteiger partial charge in [0.2, 0.25) is 5.91 Å². The van der Waals surface area contributed by atoms with E-state index in [-0.39, 0.29) is 22.7 Å². The van der Waals surface area contributed by atoms with Gasteiger partial charge >= 0.3 is 0 Å². The summed E-state index contributed by atoms with van der Waals surface area (Å²) < 4.78 is 37.5. The molecular formula is C19H17ClFNO3S. The quantitative estimate of drug-likeness (QED) is 0.846. The van der Waals surface area contributed by atoms with Crippen LogP contribution in [0.3, 0.4) is 0 Å². The van der Waals surface area contributed by atoms with Crippen LogP contribution in [0.25, 0.3) is 0 Å². The number of hydrogen-bond acceptors (Lipinski definition) is 3. The van der Waals surface area contributed by atoms with Crippen molar-refractivity contribution in [1.29, 1.82) is 0 Å². The van der Waals surface area contributed by atoms with Crippen molar-refractivity contribution in [3.8, 4) is 0 Å². The Kier molecular flexibility index (Phi) is 4.08. The second kappa shape index (κ2) is 6.06. The van der Waals surface area contributed by atoms with Gasteiger partial charge in [-0.05, 0) is 61.2 Å². The summed E-state index contributed by atoms with van der Waals surface area (Å²) in [6, 6.07) is 12.0. The van der Waals surface area contributed by atoms with Crippen LogP contribution in [0, 0.1) is 5.82 Å². The van der Waals surface area contributed by atoms with E-state index in [1.807, 2.05) is 0 Å². The molecule has 1 amide bonds. The summed E-state index contributed by atoms with van der Waals surface area (Å²) in [7, 11) is -3.77. The Hall–Kier alpha value is -1.92. The highest BCUT2D eigenvalue weighted by Crippen LogP contribution is 2.49. The number of rotatable bonds is 5. The molecule has 0 spiro atoms. The van der Waals surface area contributed by atoms with Gasteiger partial charge in [-0.3, -0.25) is 4.79 Å². The van der Waals surface area contributed by atoms with E-state index in [4.69, 9.17) is 11.6 Å². The monoisotopic (exact) mass is 393 g/mol. The first kappa shape index (κ1) is 17.5. The molecule has 2 aliphatic carbocycles. The maximum absolute atomic E-state index is 13.0. The van der Waals surface area contributed by atoms with Crippen molar-refractivity contribution in [2.45, 2.75) is 40.9 Å². The second-order valence-electron chi connectivity index (χ2n) is 6.93. The third kappa shape index (κ3) is 2.91. The summed E-state index contributed by atoms with van der Waals surface area (Å²) in [6.45, 7) is 0. The van der Waals surface area contributed by atoms with E-state index in [0.29, 0.717) is 17.9 Å². The van der Waals surface area contributed by atoms with Gasteiger partial charge in [0.1, 0.15) is 5.82 Å². The molecule has 4 rings (SSSR count). The highest BCUT2D eigenvalue weighted by molar-refractivity contribution is 7.94. The highest BCUT2D eigenvalue weighted by Gasteiger charge is 2.62. The maximum Gasteiger partial charge on any atom is 0.242 e. The number of benzene rings is 2. The summed E-state index contributed by atoms with van der Waals surface area (Å²) >= 11 is 5.82. The predicted octanol–water partition coefficient (Wildman–Crippen LogP) is 3.46. The lowest BCUT2D eigenvalue weighted by Gasteiger charge is -2.16. The van der Waals surface area contributed by atoms with Crippen LogP contribution in [0.15, 0.2) is 53.4 Å². The van der Waals surface area contributed by atoms with Gasteiger partial charge in [0.05, 0.1) is 4.90 Å². The number of halogens is 2. The third-order valence-corrected chi connectivity index (χ3v) is 7.93. The van der Waals surface area contributed by atoms with E-state index in [0.717, 1.165) is 12.0 Å². The van der Waals surface area contributed by atoms with Crippen LogP contribution in [0.5, 0.6) is 0 Å². The van der Waals surface area contributed by atoms with Crippen LogP contribution in [-0.4, -0.2) is 25.1 Å². The van der Waals surface area contributed by atoms with Crippen LogP contribution in [-0.2, 0) is 14.6 Å². The smallest absolute Gasteiger partial charge is 0.242 e. The van der Waals surface area contributed by atoms with Gasteiger partial charge in [0.25, 0.3) is 0 Å². The van der Waals surface area contributed by atoms with Crippen molar-refractivity contribution >= 4 is 27.3 Å². The van der Waals surface area contributed by atoms with Gasteiger partial charge < -0.3 is 5.32 Å². The molecule has 2 saturated carbocycles. The van der Waals surface area contributed by atoms with E-state index >= 15 is 0 Å². The summed E-state index contributed by atoms with van der Waals surface area (Å²) in [5, 5.41) is 3.31. The van der Waals surface area contributed by atoms with Crippen molar-refractivity contribution in [3.63, 3.8) is 0 Å². The fourth-order valence-electron chi connectivity index (χ4n) is 3.30. The molecule has 0 aliphatic heterocycles. The molecule has 7 heteroatoms. The lowest BCUT2D eigenvalue weighted by atomic mass is 10.1. The molecule has 0 bridgehead atoms. The Morgan fingerprint density at radius 2 is 1.69 bits per heavy atom. The first-order chi connectivity index (χ1) is 12.3. The van der Waals surface area contributed by atoms with Gasteiger partial charge in [-0.1, -0.05) is 23.7 Å². The Morgan fingerprint density at radius 1 is 1.08 bits per heavy atom. The van der Waals surface area contributed by atoms with E-state index in [9.17, 15) is 17.6 Å². The number of carbonyl (C=O) groups is 1. The predicted molar refractivity (Wildman–Crippen MR) is 96.3 cm³/mol. The van der Waals surface area contributed by atoms with Gasteiger partial charge in [0, 0.05) is 17.0 Å². The van der Waals surface area contributed by atoms with E-state index in [2.05, 4.69) is 5.32 Å². The zero-order valence-electron chi connectivity index (χ0n) is 13.8.